The van der Waals surface area contributed by atoms with Crippen LogP contribution in [0.5, 0.6) is 0 Å². The van der Waals surface area contributed by atoms with E-state index in [0.29, 0.717) is 18.8 Å². The first-order valence-corrected chi connectivity index (χ1v) is 7.57. The molecule has 2 heterocycles. The van der Waals surface area contributed by atoms with E-state index in [0.717, 1.165) is 10.7 Å². The van der Waals surface area contributed by atoms with E-state index in [9.17, 15) is 4.79 Å². The number of nitrogens with two attached hydrogens (primary N) is 1. The van der Waals surface area contributed by atoms with Crippen molar-refractivity contribution in [2.45, 2.75) is 39.3 Å². The molecule has 0 atom stereocenters. The number of nitrogens with one attached hydrogen (secondary N) is 1. The Hall–Kier alpha value is -1.80. The van der Waals surface area contributed by atoms with Gasteiger partial charge in [-0.3, -0.25) is 4.79 Å². The van der Waals surface area contributed by atoms with Crippen LogP contribution in [0.1, 0.15) is 37.2 Å². The third kappa shape index (κ3) is 4.33. The van der Waals surface area contributed by atoms with E-state index in [1.54, 1.807) is 22.2 Å². The molecule has 0 fully saturated rings. The number of hydrogen-bond donors (Lipinski definition) is 2. The molecule has 21 heavy (non-hydrogen) atoms. The zero-order chi connectivity index (χ0) is 15.5. The molecule has 0 radical (unpaired) electrons. The van der Waals surface area contributed by atoms with Crippen LogP contribution in [0, 0.1) is 0 Å². The molecule has 114 valence electrons. The van der Waals surface area contributed by atoms with Gasteiger partial charge in [-0.1, -0.05) is 26.0 Å². The molecule has 2 rings (SSSR count). The van der Waals surface area contributed by atoms with Gasteiger partial charge in [-0.05, 0) is 0 Å². The Kier molecular flexibility index (Phi) is 4.69. The van der Waals surface area contributed by atoms with E-state index >= 15 is 0 Å². The maximum atomic E-state index is 11.1. The van der Waals surface area contributed by atoms with Crippen LogP contribution in [0.2, 0.25) is 0 Å². The predicted molar refractivity (Wildman–Crippen MR) is 80.8 cm³/mol. The van der Waals surface area contributed by atoms with E-state index in [1.165, 1.54) is 0 Å². The lowest BCUT2D eigenvalue weighted by atomic mass is 9.98. The molecule has 2 aromatic heterocycles. The van der Waals surface area contributed by atoms with Crippen LogP contribution in [0.15, 0.2) is 11.6 Å². The molecule has 3 N–H and O–H groups in total. The summed E-state index contributed by atoms with van der Waals surface area (Å²) < 4.78 is 1.71. The third-order valence-corrected chi connectivity index (χ3v) is 4.07. The van der Waals surface area contributed by atoms with Crippen LogP contribution in [0.25, 0.3) is 0 Å². The highest BCUT2D eigenvalue weighted by atomic mass is 32.1. The van der Waals surface area contributed by atoms with Gasteiger partial charge in [0, 0.05) is 10.8 Å². The van der Waals surface area contributed by atoms with Crippen molar-refractivity contribution >= 4 is 17.2 Å². The summed E-state index contributed by atoms with van der Waals surface area (Å²) >= 11 is 1.66. The summed E-state index contributed by atoms with van der Waals surface area (Å²) in [5, 5.41) is 13.8. The number of carbonyl (C=O) groups is 1. The average Bonchev–Trinajstić information content (AvgIpc) is 3.05. The van der Waals surface area contributed by atoms with Gasteiger partial charge < -0.3 is 11.1 Å². The number of hydrogen-bond acceptors (Lipinski definition) is 6. The second-order valence-corrected chi connectivity index (χ2v) is 6.64. The Labute approximate surface area is 127 Å². The Morgan fingerprint density at radius 1 is 1.43 bits per heavy atom. The average molecular weight is 308 g/mol. The van der Waals surface area contributed by atoms with E-state index < -0.39 is 0 Å². The summed E-state index contributed by atoms with van der Waals surface area (Å²) in [6.07, 6.45) is 1.80. The zero-order valence-corrected chi connectivity index (χ0v) is 13.3. The van der Waals surface area contributed by atoms with Crippen LogP contribution in [-0.4, -0.2) is 32.4 Å². The second kappa shape index (κ2) is 6.31. The number of carbonyl (C=O) groups excluding carboxylic acids is 1. The highest BCUT2D eigenvalue weighted by molar-refractivity contribution is 7.09. The standard InChI is InChI=1S/C13H20N6OS/c1-13(2,3)12-16-10(8-21-12)7-19-6-9(17-18-19)5-15-11(20)4-14/h6,8H,4-5,7,14H2,1-3H3,(H,15,20). The topological polar surface area (TPSA) is 98.7 Å². The van der Waals surface area contributed by atoms with Gasteiger partial charge in [-0.15, -0.1) is 16.4 Å². The fraction of sp³-hybridized carbons (Fsp3) is 0.538. The smallest absolute Gasteiger partial charge is 0.234 e. The van der Waals surface area contributed by atoms with Gasteiger partial charge in [0.05, 0.1) is 36.5 Å². The Morgan fingerprint density at radius 2 is 2.19 bits per heavy atom. The minimum Gasteiger partial charge on any atom is -0.349 e. The van der Waals surface area contributed by atoms with Gasteiger partial charge >= 0.3 is 0 Å². The lowest BCUT2D eigenvalue weighted by Gasteiger charge is -2.13. The summed E-state index contributed by atoms with van der Waals surface area (Å²) in [7, 11) is 0. The summed E-state index contributed by atoms with van der Waals surface area (Å²) in [6.45, 7) is 7.31. The van der Waals surface area contributed by atoms with Gasteiger partial charge in [-0.2, -0.15) is 0 Å². The second-order valence-electron chi connectivity index (χ2n) is 5.78. The highest BCUT2D eigenvalue weighted by Gasteiger charge is 2.18. The third-order valence-electron chi connectivity index (χ3n) is 2.76. The van der Waals surface area contributed by atoms with Gasteiger partial charge in [0.2, 0.25) is 5.91 Å². The summed E-state index contributed by atoms with van der Waals surface area (Å²) in [5.74, 6) is -0.209. The molecule has 0 spiro atoms. The van der Waals surface area contributed by atoms with Crippen LogP contribution >= 0.6 is 11.3 Å². The van der Waals surface area contributed by atoms with Crippen molar-refractivity contribution in [3.05, 3.63) is 28.0 Å². The quantitative estimate of drug-likeness (QED) is 0.845. The van der Waals surface area contributed by atoms with Crippen LogP contribution in [-0.2, 0) is 23.3 Å². The van der Waals surface area contributed by atoms with Gasteiger partial charge in [0.25, 0.3) is 0 Å². The first-order chi connectivity index (χ1) is 9.88. The maximum absolute atomic E-state index is 11.1. The lowest BCUT2D eigenvalue weighted by molar-refractivity contribution is -0.119. The minimum absolute atomic E-state index is 0.0253. The van der Waals surface area contributed by atoms with Crippen molar-refractivity contribution < 1.29 is 4.79 Å². The molecule has 1 amide bonds. The molecular formula is C13H20N6OS. The Morgan fingerprint density at radius 3 is 2.81 bits per heavy atom. The molecule has 0 aliphatic rings. The van der Waals surface area contributed by atoms with Crippen molar-refractivity contribution in [3.63, 3.8) is 0 Å². The number of amides is 1. The minimum atomic E-state index is -0.209. The number of rotatable bonds is 5. The molecule has 0 saturated heterocycles. The first-order valence-electron chi connectivity index (χ1n) is 6.69. The Balaban J connectivity index is 1.96. The zero-order valence-electron chi connectivity index (χ0n) is 12.5. The summed E-state index contributed by atoms with van der Waals surface area (Å²) in [6, 6.07) is 0. The maximum Gasteiger partial charge on any atom is 0.234 e. The van der Waals surface area contributed by atoms with Crippen LogP contribution in [0.3, 0.4) is 0 Å². The van der Waals surface area contributed by atoms with E-state index in [2.05, 4.69) is 41.4 Å². The lowest BCUT2D eigenvalue weighted by Crippen LogP contribution is -2.29. The summed E-state index contributed by atoms with van der Waals surface area (Å²) in [5.41, 5.74) is 6.94. The molecule has 0 aliphatic carbocycles. The normalized spacial score (nSPS) is 11.6. The number of nitrogens with zero attached hydrogens (tertiary/aromatic N) is 4. The summed E-state index contributed by atoms with van der Waals surface area (Å²) in [4.78, 5) is 15.7. The SMILES string of the molecule is CC(C)(C)c1nc(Cn2cc(CNC(=O)CN)nn2)cs1. The van der Waals surface area contributed by atoms with Crippen molar-refractivity contribution in [1.29, 1.82) is 0 Å². The predicted octanol–water partition coefficient (Wildman–Crippen LogP) is 0.655. The first kappa shape index (κ1) is 15.6. The number of thiazole rings is 1. The van der Waals surface area contributed by atoms with Crippen molar-refractivity contribution in [2.24, 2.45) is 5.73 Å². The van der Waals surface area contributed by atoms with Gasteiger partial charge in [0.15, 0.2) is 0 Å². The Bertz CT molecular complexity index is 612. The van der Waals surface area contributed by atoms with Crippen LogP contribution in [0.4, 0.5) is 0 Å². The fourth-order valence-electron chi connectivity index (χ4n) is 1.65. The molecular weight excluding hydrogens is 288 g/mol. The highest BCUT2D eigenvalue weighted by Crippen LogP contribution is 2.25. The van der Waals surface area contributed by atoms with Crippen molar-refractivity contribution in [2.75, 3.05) is 6.54 Å². The molecule has 0 aliphatic heterocycles. The van der Waals surface area contributed by atoms with E-state index in [4.69, 9.17) is 5.73 Å². The van der Waals surface area contributed by atoms with Gasteiger partial charge in [0.1, 0.15) is 5.69 Å². The molecule has 0 bridgehead atoms. The molecule has 8 heteroatoms. The molecule has 2 aromatic rings. The molecule has 0 saturated carbocycles. The van der Waals surface area contributed by atoms with Crippen molar-refractivity contribution in [1.82, 2.24) is 25.3 Å². The van der Waals surface area contributed by atoms with Gasteiger partial charge in [-0.25, -0.2) is 9.67 Å². The van der Waals surface area contributed by atoms with E-state index in [1.807, 2.05) is 5.38 Å². The van der Waals surface area contributed by atoms with Crippen LogP contribution < -0.4 is 11.1 Å². The molecule has 7 nitrogen and oxygen atoms in total. The monoisotopic (exact) mass is 308 g/mol. The van der Waals surface area contributed by atoms with E-state index in [-0.39, 0.29) is 17.9 Å². The van der Waals surface area contributed by atoms with Crippen molar-refractivity contribution in [3.8, 4) is 0 Å². The largest absolute Gasteiger partial charge is 0.349 e. The molecule has 0 aromatic carbocycles. The number of aromatic nitrogens is 4. The fourth-order valence-corrected chi connectivity index (χ4v) is 2.55. The molecule has 0 unspecified atom stereocenters.